The van der Waals surface area contributed by atoms with Crippen molar-refractivity contribution in [1.82, 2.24) is 14.5 Å². The molecule has 0 aromatic carbocycles. The molecule has 18 heavy (non-hydrogen) atoms. The molecule has 0 saturated carbocycles. The largest absolute Gasteiger partial charge is 0.481 e. The molecule has 2 heterocycles. The Labute approximate surface area is 105 Å². The third kappa shape index (κ3) is 2.69. The van der Waals surface area contributed by atoms with Crippen molar-refractivity contribution in [2.24, 2.45) is 13.0 Å². The van der Waals surface area contributed by atoms with Crippen molar-refractivity contribution in [2.75, 3.05) is 13.1 Å². The molecular formula is C12H17N3O3. The quantitative estimate of drug-likeness (QED) is 0.860. The normalized spacial score (nSPS) is 19.8. The monoisotopic (exact) mass is 251 g/mol. The van der Waals surface area contributed by atoms with Crippen LogP contribution in [0.25, 0.3) is 0 Å². The SMILES string of the molecule is Cn1cncc1C(=O)N1CCCC(CC(=O)O)C1. The second-order valence-electron chi connectivity index (χ2n) is 4.75. The number of hydrogen-bond donors (Lipinski definition) is 1. The number of aryl methyl sites for hydroxylation is 1. The van der Waals surface area contributed by atoms with Gasteiger partial charge in [-0.1, -0.05) is 0 Å². The zero-order chi connectivity index (χ0) is 13.1. The van der Waals surface area contributed by atoms with E-state index < -0.39 is 5.97 Å². The molecule has 1 saturated heterocycles. The van der Waals surface area contributed by atoms with E-state index in [2.05, 4.69) is 4.98 Å². The fourth-order valence-electron chi connectivity index (χ4n) is 2.39. The number of aromatic nitrogens is 2. The molecule has 1 aliphatic rings. The predicted molar refractivity (Wildman–Crippen MR) is 64.1 cm³/mol. The zero-order valence-electron chi connectivity index (χ0n) is 10.4. The lowest BCUT2D eigenvalue weighted by molar-refractivity contribution is -0.138. The van der Waals surface area contributed by atoms with Crippen molar-refractivity contribution in [3.05, 3.63) is 18.2 Å². The highest BCUT2D eigenvalue weighted by atomic mass is 16.4. The Kier molecular flexibility index (Phi) is 3.64. The van der Waals surface area contributed by atoms with Gasteiger partial charge >= 0.3 is 5.97 Å². The predicted octanol–water partition coefficient (Wildman–Crippen LogP) is 0.747. The fourth-order valence-corrected chi connectivity index (χ4v) is 2.39. The highest BCUT2D eigenvalue weighted by molar-refractivity contribution is 5.92. The summed E-state index contributed by atoms with van der Waals surface area (Å²) in [5.74, 6) is -0.798. The number of carboxylic acid groups (broad SMARTS) is 1. The molecule has 1 aromatic rings. The molecule has 2 rings (SSSR count). The van der Waals surface area contributed by atoms with Gasteiger partial charge in [-0.15, -0.1) is 0 Å². The summed E-state index contributed by atoms with van der Waals surface area (Å²) in [4.78, 5) is 28.6. The van der Waals surface area contributed by atoms with Gasteiger partial charge in [-0.2, -0.15) is 0 Å². The maximum Gasteiger partial charge on any atom is 0.303 e. The Balaban J connectivity index is 2.03. The molecule has 98 valence electrons. The average Bonchev–Trinajstić information content (AvgIpc) is 2.74. The Morgan fingerprint density at radius 2 is 2.33 bits per heavy atom. The zero-order valence-corrected chi connectivity index (χ0v) is 10.4. The van der Waals surface area contributed by atoms with Crippen molar-refractivity contribution in [3.63, 3.8) is 0 Å². The molecule has 1 N–H and O–H groups in total. The molecule has 1 fully saturated rings. The van der Waals surface area contributed by atoms with Crippen molar-refractivity contribution in [3.8, 4) is 0 Å². The highest BCUT2D eigenvalue weighted by Gasteiger charge is 2.26. The van der Waals surface area contributed by atoms with Crippen molar-refractivity contribution >= 4 is 11.9 Å². The van der Waals surface area contributed by atoms with Crippen LogP contribution in [0.5, 0.6) is 0 Å². The first-order valence-corrected chi connectivity index (χ1v) is 6.05. The van der Waals surface area contributed by atoms with E-state index in [4.69, 9.17) is 5.11 Å². The molecule has 6 heteroatoms. The topological polar surface area (TPSA) is 75.4 Å². The minimum absolute atomic E-state index is 0.0634. The van der Waals surface area contributed by atoms with E-state index in [1.165, 1.54) is 0 Å². The van der Waals surface area contributed by atoms with Crippen molar-refractivity contribution in [2.45, 2.75) is 19.3 Å². The molecular weight excluding hydrogens is 234 g/mol. The van der Waals surface area contributed by atoms with E-state index >= 15 is 0 Å². The summed E-state index contributed by atoms with van der Waals surface area (Å²) in [6.07, 6.45) is 5.01. The van der Waals surface area contributed by atoms with Crippen molar-refractivity contribution < 1.29 is 14.7 Å². The lowest BCUT2D eigenvalue weighted by Gasteiger charge is -2.32. The van der Waals surface area contributed by atoms with Crippen LogP contribution in [0.2, 0.25) is 0 Å². The van der Waals surface area contributed by atoms with Gasteiger partial charge in [0.1, 0.15) is 5.69 Å². The van der Waals surface area contributed by atoms with Crippen LogP contribution < -0.4 is 0 Å². The lowest BCUT2D eigenvalue weighted by Crippen LogP contribution is -2.41. The van der Waals surface area contributed by atoms with Crippen LogP contribution in [-0.4, -0.2) is 44.5 Å². The number of nitrogens with zero attached hydrogens (tertiary/aromatic N) is 3. The molecule has 1 unspecified atom stereocenters. The second kappa shape index (κ2) is 5.20. The molecule has 0 bridgehead atoms. The van der Waals surface area contributed by atoms with Gasteiger partial charge in [0.15, 0.2) is 0 Å². The number of likely N-dealkylation sites (tertiary alicyclic amines) is 1. The first-order valence-electron chi connectivity index (χ1n) is 6.05. The molecule has 1 aromatic heterocycles. The molecule has 0 spiro atoms. The van der Waals surface area contributed by atoms with Crippen LogP contribution in [0, 0.1) is 5.92 Å². The van der Waals surface area contributed by atoms with Gasteiger partial charge in [0, 0.05) is 26.6 Å². The lowest BCUT2D eigenvalue weighted by atomic mass is 9.95. The number of carboxylic acids is 1. The summed E-state index contributed by atoms with van der Waals surface area (Å²) in [6, 6.07) is 0. The number of carbonyl (C=O) groups excluding carboxylic acids is 1. The number of rotatable bonds is 3. The summed E-state index contributed by atoms with van der Waals surface area (Å²) in [5, 5.41) is 8.80. The molecule has 0 aliphatic carbocycles. The maximum absolute atomic E-state index is 12.2. The van der Waals surface area contributed by atoms with Gasteiger partial charge < -0.3 is 14.6 Å². The van der Waals surface area contributed by atoms with Crippen LogP contribution in [-0.2, 0) is 11.8 Å². The van der Waals surface area contributed by atoms with Crippen LogP contribution >= 0.6 is 0 Å². The van der Waals surface area contributed by atoms with E-state index in [0.717, 1.165) is 12.8 Å². The summed E-state index contributed by atoms with van der Waals surface area (Å²) >= 11 is 0. The standard InChI is InChI=1S/C12H17N3O3/c1-14-8-13-6-10(14)12(18)15-4-2-3-9(7-15)5-11(16)17/h6,8-9H,2-5,7H2,1H3,(H,16,17). The molecule has 0 radical (unpaired) electrons. The first-order chi connectivity index (χ1) is 8.58. The van der Waals surface area contributed by atoms with Crippen molar-refractivity contribution in [1.29, 1.82) is 0 Å². The summed E-state index contributed by atoms with van der Waals surface area (Å²) in [5.41, 5.74) is 0.547. The maximum atomic E-state index is 12.2. The van der Waals surface area contributed by atoms with Gasteiger partial charge in [0.2, 0.25) is 0 Å². The second-order valence-corrected chi connectivity index (χ2v) is 4.75. The van der Waals surface area contributed by atoms with Gasteiger partial charge in [-0.3, -0.25) is 9.59 Å². The summed E-state index contributed by atoms with van der Waals surface area (Å²) < 4.78 is 1.68. The fraction of sp³-hybridized carbons (Fsp3) is 0.583. The minimum atomic E-state index is -0.796. The number of carbonyl (C=O) groups is 2. The first kappa shape index (κ1) is 12.6. The van der Waals surface area contributed by atoms with E-state index in [9.17, 15) is 9.59 Å². The summed E-state index contributed by atoms with van der Waals surface area (Å²) in [7, 11) is 1.78. The third-order valence-corrected chi connectivity index (χ3v) is 3.31. The Morgan fingerprint density at radius 1 is 1.56 bits per heavy atom. The highest BCUT2D eigenvalue weighted by Crippen LogP contribution is 2.21. The van der Waals surface area contributed by atoms with Gasteiger partial charge in [0.05, 0.1) is 12.5 Å². The number of hydrogen-bond acceptors (Lipinski definition) is 3. The Hall–Kier alpha value is -1.85. The van der Waals surface area contributed by atoms with Crippen LogP contribution in [0.15, 0.2) is 12.5 Å². The van der Waals surface area contributed by atoms with E-state index in [1.807, 2.05) is 0 Å². The third-order valence-electron chi connectivity index (χ3n) is 3.31. The number of aliphatic carboxylic acids is 1. The van der Waals surface area contributed by atoms with E-state index in [-0.39, 0.29) is 18.2 Å². The van der Waals surface area contributed by atoms with Crippen LogP contribution in [0.3, 0.4) is 0 Å². The number of piperidine rings is 1. The van der Waals surface area contributed by atoms with Gasteiger partial charge in [-0.25, -0.2) is 4.98 Å². The Morgan fingerprint density at radius 3 is 2.94 bits per heavy atom. The smallest absolute Gasteiger partial charge is 0.303 e. The molecule has 6 nitrogen and oxygen atoms in total. The number of imidazole rings is 1. The molecule has 1 atom stereocenters. The molecule has 1 aliphatic heterocycles. The van der Waals surface area contributed by atoms with E-state index in [0.29, 0.717) is 18.8 Å². The number of amides is 1. The van der Waals surface area contributed by atoms with Gasteiger partial charge in [-0.05, 0) is 18.8 Å². The average molecular weight is 251 g/mol. The summed E-state index contributed by atoms with van der Waals surface area (Å²) in [6.45, 7) is 1.22. The van der Waals surface area contributed by atoms with Gasteiger partial charge in [0.25, 0.3) is 5.91 Å². The minimum Gasteiger partial charge on any atom is -0.481 e. The van der Waals surface area contributed by atoms with Crippen LogP contribution in [0.1, 0.15) is 29.8 Å². The van der Waals surface area contributed by atoms with Crippen LogP contribution in [0.4, 0.5) is 0 Å². The Bertz CT molecular complexity index is 455. The van der Waals surface area contributed by atoms with E-state index in [1.54, 1.807) is 29.0 Å². The molecule has 1 amide bonds.